The van der Waals surface area contributed by atoms with Crippen molar-refractivity contribution in [2.24, 2.45) is 0 Å². The quantitative estimate of drug-likeness (QED) is 0.852. The lowest BCUT2D eigenvalue weighted by Gasteiger charge is -2.20. The Labute approximate surface area is 150 Å². The number of carbonyl (C=O) groups is 1. The Bertz CT molecular complexity index is 721. The van der Waals surface area contributed by atoms with Crippen molar-refractivity contribution in [3.8, 4) is 5.75 Å². The van der Waals surface area contributed by atoms with E-state index >= 15 is 0 Å². The first-order chi connectivity index (χ1) is 10.8. The highest BCUT2D eigenvalue weighted by Crippen LogP contribution is 2.25. The minimum absolute atomic E-state index is 0. The smallest absolute Gasteiger partial charge is 0.254 e. The molecule has 130 valence electrons. The van der Waals surface area contributed by atoms with E-state index in [-0.39, 0.29) is 18.3 Å². The molecule has 0 bridgehead atoms. The Kier molecular flexibility index (Phi) is 6.67. The molecule has 0 aromatic heterocycles. The van der Waals surface area contributed by atoms with Crippen molar-refractivity contribution in [1.29, 1.82) is 0 Å². The summed E-state index contributed by atoms with van der Waals surface area (Å²) in [7, 11) is 3.48. The second kappa shape index (κ2) is 8.06. The first-order valence-corrected chi connectivity index (χ1v) is 7.59. The van der Waals surface area contributed by atoms with Crippen LogP contribution in [0.3, 0.4) is 0 Å². The zero-order valence-corrected chi connectivity index (χ0v) is 15.7. The Balaban J connectivity index is 0.00000288. The van der Waals surface area contributed by atoms with Crippen molar-refractivity contribution in [1.82, 2.24) is 4.90 Å². The van der Waals surface area contributed by atoms with Gasteiger partial charge in [-0.25, -0.2) is 0 Å². The van der Waals surface area contributed by atoms with Gasteiger partial charge in [0.15, 0.2) is 0 Å². The van der Waals surface area contributed by atoms with E-state index in [9.17, 15) is 4.79 Å². The van der Waals surface area contributed by atoms with Crippen LogP contribution in [-0.4, -0.2) is 25.0 Å². The number of nitrogens with zero attached hydrogens (tertiary/aromatic N) is 1. The summed E-state index contributed by atoms with van der Waals surface area (Å²) in [5.74, 6) is 0.871. The highest BCUT2D eigenvalue weighted by molar-refractivity contribution is 5.96. The summed E-state index contributed by atoms with van der Waals surface area (Å²) < 4.78 is 5.39. The van der Waals surface area contributed by atoms with Gasteiger partial charge in [0.1, 0.15) is 5.75 Å². The normalized spacial score (nSPS) is 10.0. The van der Waals surface area contributed by atoms with Gasteiger partial charge in [-0.05, 0) is 55.2 Å². The van der Waals surface area contributed by atoms with Crippen LogP contribution in [0.5, 0.6) is 5.75 Å². The minimum Gasteiger partial charge on any atom is -0.496 e. The van der Waals surface area contributed by atoms with Crippen molar-refractivity contribution in [2.75, 3.05) is 19.9 Å². The van der Waals surface area contributed by atoms with Crippen LogP contribution in [0.4, 0.5) is 5.69 Å². The minimum atomic E-state index is -0.0269. The lowest BCUT2D eigenvalue weighted by atomic mass is 10.0. The van der Waals surface area contributed by atoms with Gasteiger partial charge in [-0.15, -0.1) is 12.4 Å². The molecule has 0 atom stereocenters. The summed E-state index contributed by atoms with van der Waals surface area (Å²) >= 11 is 0. The molecule has 0 saturated heterocycles. The van der Waals surface area contributed by atoms with Crippen LogP contribution in [0.2, 0.25) is 0 Å². The van der Waals surface area contributed by atoms with Gasteiger partial charge < -0.3 is 15.4 Å². The maximum atomic E-state index is 12.7. The lowest BCUT2D eigenvalue weighted by Crippen LogP contribution is -2.27. The Hall–Kier alpha value is -2.20. The molecule has 0 saturated carbocycles. The van der Waals surface area contributed by atoms with E-state index in [4.69, 9.17) is 10.5 Å². The molecule has 0 unspecified atom stereocenters. The SMILES string of the molecule is COc1c(C)cc(CN(C)C(=O)c2cc(N)ccc2C)cc1C.Cl. The Morgan fingerprint density at radius 1 is 1.08 bits per heavy atom. The molecule has 0 radical (unpaired) electrons. The molecule has 5 heteroatoms. The van der Waals surface area contributed by atoms with Crippen LogP contribution in [-0.2, 0) is 6.54 Å². The summed E-state index contributed by atoms with van der Waals surface area (Å²) in [6.07, 6.45) is 0. The number of ether oxygens (including phenoxy) is 1. The van der Waals surface area contributed by atoms with Crippen LogP contribution in [0.1, 0.15) is 32.6 Å². The summed E-state index contributed by atoms with van der Waals surface area (Å²) in [6, 6.07) is 9.53. The van der Waals surface area contributed by atoms with Gasteiger partial charge in [0.25, 0.3) is 5.91 Å². The number of halogens is 1. The molecule has 0 aliphatic rings. The van der Waals surface area contributed by atoms with Gasteiger partial charge in [0.05, 0.1) is 7.11 Å². The number of benzene rings is 2. The average molecular weight is 349 g/mol. The fourth-order valence-electron chi connectivity index (χ4n) is 2.87. The number of amides is 1. The van der Waals surface area contributed by atoms with Crippen molar-refractivity contribution < 1.29 is 9.53 Å². The van der Waals surface area contributed by atoms with Gasteiger partial charge in [-0.1, -0.05) is 18.2 Å². The van der Waals surface area contributed by atoms with Crippen LogP contribution in [0, 0.1) is 20.8 Å². The Morgan fingerprint density at radius 3 is 2.21 bits per heavy atom. The van der Waals surface area contributed by atoms with Gasteiger partial charge in [0, 0.05) is 24.8 Å². The molecule has 2 rings (SSSR count). The fourth-order valence-corrected chi connectivity index (χ4v) is 2.87. The number of anilines is 1. The predicted octanol–water partition coefficient (Wildman–Crippen LogP) is 3.90. The molecule has 2 aromatic carbocycles. The predicted molar refractivity (Wildman–Crippen MR) is 101 cm³/mol. The van der Waals surface area contributed by atoms with E-state index in [1.54, 1.807) is 25.1 Å². The molecule has 1 amide bonds. The van der Waals surface area contributed by atoms with Crippen LogP contribution in [0.25, 0.3) is 0 Å². The van der Waals surface area contributed by atoms with E-state index in [0.29, 0.717) is 17.8 Å². The largest absolute Gasteiger partial charge is 0.496 e. The third-order valence-electron chi connectivity index (χ3n) is 3.98. The second-order valence-corrected chi connectivity index (χ2v) is 6.00. The maximum absolute atomic E-state index is 12.7. The average Bonchev–Trinajstić information content (AvgIpc) is 2.48. The third kappa shape index (κ3) is 4.20. The molecule has 0 spiro atoms. The molecule has 0 aliphatic heterocycles. The van der Waals surface area contributed by atoms with Crippen molar-refractivity contribution in [3.63, 3.8) is 0 Å². The van der Waals surface area contributed by atoms with Crippen LogP contribution < -0.4 is 10.5 Å². The molecule has 2 N–H and O–H groups in total. The molecule has 0 fully saturated rings. The lowest BCUT2D eigenvalue weighted by molar-refractivity contribution is 0.0784. The van der Waals surface area contributed by atoms with E-state index in [1.165, 1.54) is 0 Å². The Morgan fingerprint density at radius 2 is 1.67 bits per heavy atom. The number of rotatable bonds is 4. The highest BCUT2D eigenvalue weighted by atomic mass is 35.5. The van der Waals surface area contributed by atoms with Crippen LogP contribution in [0.15, 0.2) is 30.3 Å². The topological polar surface area (TPSA) is 55.6 Å². The van der Waals surface area contributed by atoms with E-state index in [0.717, 1.165) is 28.0 Å². The van der Waals surface area contributed by atoms with Crippen molar-refractivity contribution in [3.05, 3.63) is 58.1 Å². The number of nitrogen functional groups attached to an aromatic ring is 1. The summed E-state index contributed by atoms with van der Waals surface area (Å²) in [6.45, 7) is 6.49. The molecular formula is C19H25ClN2O2. The van der Waals surface area contributed by atoms with Crippen LogP contribution >= 0.6 is 12.4 Å². The van der Waals surface area contributed by atoms with Gasteiger partial charge >= 0.3 is 0 Å². The van der Waals surface area contributed by atoms with E-state index < -0.39 is 0 Å². The van der Waals surface area contributed by atoms with Crippen molar-refractivity contribution in [2.45, 2.75) is 27.3 Å². The van der Waals surface area contributed by atoms with Gasteiger partial charge in [0.2, 0.25) is 0 Å². The zero-order chi connectivity index (χ0) is 17.1. The molecule has 0 heterocycles. The van der Waals surface area contributed by atoms with Crippen molar-refractivity contribution >= 4 is 24.0 Å². The number of hydrogen-bond acceptors (Lipinski definition) is 3. The molecule has 24 heavy (non-hydrogen) atoms. The second-order valence-electron chi connectivity index (χ2n) is 6.00. The number of nitrogens with two attached hydrogens (primary N) is 1. The number of hydrogen-bond donors (Lipinski definition) is 1. The summed E-state index contributed by atoms with van der Waals surface area (Å²) in [4.78, 5) is 14.4. The van der Waals surface area contributed by atoms with E-state index in [1.807, 2.05) is 32.9 Å². The summed E-state index contributed by atoms with van der Waals surface area (Å²) in [5.41, 5.74) is 11.2. The first kappa shape index (κ1) is 19.8. The molecule has 2 aromatic rings. The molecule has 4 nitrogen and oxygen atoms in total. The van der Waals surface area contributed by atoms with E-state index in [2.05, 4.69) is 12.1 Å². The number of aryl methyl sites for hydroxylation is 3. The highest BCUT2D eigenvalue weighted by Gasteiger charge is 2.16. The zero-order valence-electron chi connectivity index (χ0n) is 14.8. The summed E-state index contributed by atoms with van der Waals surface area (Å²) in [5, 5.41) is 0. The first-order valence-electron chi connectivity index (χ1n) is 7.59. The van der Waals surface area contributed by atoms with Gasteiger partial charge in [-0.2, -0.15) is 0 Å². The third-order valence-corrected chi connectivity index (χ3v) is 3.98. The number of carbonyl (C=O) groups excluding carboxylic acids is 1. The monoisotopic (exact) mass is 348 g/mol. The maximum Gasteiger partial charge on any atom is 0.254 e. The fraction of sp³-hybridized carbons (Fsp3) is 0.316. The molecular weight excluding hydrogens is 324 g/mol. The standard InChI is InChI=1S/C19H24N2O2.ClH/c1-12-6-7-16(20)10-17(12)19(22)21(4)11-15-8-13(2)18(23-5)14(3)9-15;/h6-10H,11,20H2,1-5H3;1H. The number of methoxy groups -OCH3 is 1. The molecule has 0 aliphatic carbocycles. The van der Waals surface area contributed by atoms with Gasteiger partial charge in [-0.3, -0.25) is 4.79 Å².